The summed E-state index contributed by atoms with van der Waals surface area (Å²) in [5.41, 5.74) is 3.11. The van der Waals surface area contributed by atoms with Crippen molar-refractivity contribution < 1.29 is 22.7 Å². The van der Waals surface area contributed by atoms with E-state index >= 15 is 0 Å². The van der Waals surface area contributed by atoms with Crippen LogP contribution in [0.25, 0.3) is 11.1 Å². The third-order valence-corrected chi connectivity index (χ3v) is 7.01. The van der Waals surface area contributed by atoms with Crippen molar-refractivity contribution in [1.82, 2.24) is 9.97 Å². The number of nitrogens with zero attached hydrogens (tertiary/aromatic N) is 3. The van der Waals surface area contributed by atoms with Crippen LogP contribution in [0.1, 0.15) is 46.4 Å². The number of amides is 1. The molecule has 1 N–H and O–H groups in total. The van der Waals surface area contributed by atoms with Crippen molar-refractivity contribution >= 4 is 17.4 Å². The van der Waals surface area contributed by atoms with E-state index in [1.807, 2.05) is 13.1 Å². The predicted octanol–water partition coefficient (Wildman–Crippen LogP) is 5.68. The van der Waals surface area contributed by atoms with Crippen molar-refractivity contribution in [3.05, 3.63) is 71.2 Å². The number of nitrogens with one attached hydrogen (secondary N) is 1. The molecule has 2 atom stereocenters. The fraction of sp³-hybridized carbons (Fsp3) is 0.370. The van der Waals surface area contributed by atoms with Crippen LogP contribution < -0.4 is 10.2 Å². The van der Waals surface area contributed by atoms with Crippen molar-refractivity contribution in [3.63, 3.8) is 0 Å². The van der Waals surface area contributed by atoms with Crippen LogP contribution in [-0.4, -0.2) is 42.2 Å². The molecule has 0 bridgehead atoms. The number of ether oxygens (including phenoxy) is 1. The van der Waals surface area contributed by atoms with Gasteiger partial charge in [0.2, 0.25) is 0 Å². The maximum atomic E-state index is 13.1. The third kappa shape index (κ3) is 4.67. The van der Waals surface area contributed by atoms with Crippen LogP contribution in [0.4, 0.5) is 24.7 Å². The number of hydrogen-bond donors (Lipinski definition) is 1. The molecule has 0 spiro atoms. The lowest BCUT2D eigenvalue weighted by atomic mass is 9.79. The van der Waals surface area contributed by atoms with Gasteiger partial charge in [-0.2, -0.15) is 13.2 Å². The Balaban J connectivity index is 1.45. The molecule has 9 heteroatoms. The van der Waals surface area contributed by atoms with E-state index < -0.39 is 17.6 Å². The number of halogens is 3. The van der Waals surface area contributed by atoms with Gasteiger partial charge in [-0.15, -0.1) is 0 Å². The fourth-order valence-electron chi connectivity index (χ4n) is 5.13. The average molecular weight is 497 g/mol. The van der Waals surface area contributed by atoms with Gasteiger partial charge in [-0.1, -0.05) is 6.07 Å². The molecule has 2 aromatic heterocycles. The van der Waals surface area contributed by atoms with Gasteiger partial charge >= 0.3 is 6.18 Å². The zero-order valence-electron chi connectivity index (χ0n) is 20.1. The van der Waals surface area contributed by atoms with Crippen molar-refractivity contribution in [2.24, 2.45) is 5.92 Å². The Bertz CT molecular complexity index is 1290. The molecule has 1 fully saturated rings. The maximum Gasteiger partial charge on any atom is 0.416 e. The number of pyridine rings is 2. The SMILES string of the molecule is CCN1C[C@@H]2COCC[C@H]2c2cc(-c3cc(NC(=O)c4cccc(C(F)(F)F)c4)cnc3C)cnc21. The summed E-state index contributed by atoms with van der Waals surface area (Å²) in [5, 5.41) is 2.68. The van der Waals surface area contributed by atoms with Gasteiger partial charge in [-0.3, -0.25) is 9.78 Å². The van der Waals surface area contributed by atoms with E-state index in [0.29, 0.717) is 17.5 Å². The molecule has 0 aliphatic carbocycles. The van der Waals surface area contributed by atoms with Gasteiger partial charge in [-0.05, 0) is 62.1 Å². The van der Waals surface area contributed by atoms with Crippen molar-refractivity contribution in [2.75, 3.05) is 36.5 Å². The first kappa shape index (κ1) is 24.2. The first-order chi connectivity index (χ1) is 17.2. The maximum absolute atomic E-state index is 13.1. The lowest BCUT2D eigenvalue weighted by molar-refractivity contribution is -0.137. The molecule has 3 aromatic rings. The number of benzene rings is 1. The van der Waals surface area contributed by atoms with E-state index in [9.17, 15) is 18.0 Å². The minimum Gasteiger partial charge on any atom is -0.381 e. The molecule has 0 saturated carbocycles. The molecule has 1 saturated heterocycles. The van der Waals surface area contributed by atoms with Crippen LogP contribution in [0.3, 0.4) is 0 Å². The molecule has 188 valence electrons. The molecule has 1 aromatic carbocycles. The summed E-state index contributed by atoms with van der Waals surface area (Å²) in [4.78, 5) is 24.2. The van der Waals surface area contributed by atoms with Crippen molar-refractivity contribution in [2.45, 2.75) is 32.4 Å². The monoisotopic (exact) mass is 496 g/mol. The van der Waals surface area contributed by atoms with Crippen LogP contribution in [0.2, 0.25) is 0 Å². The van der Waals surface area contributed by atoms with Crippen LogP contribution in [0, 0.1) is 12.8 Å². The lowest BCUT2D eigenvalue weighted by Crippen LogP contribution is -2.42. The molecule has 0 unspecified atom stereocenters. The van der Waals surface area contributed by atoms with E-state index in [0.717, 1.165) is 67.5 Å². The van der Waals surface area contributed by atoms with Gasteiger partial charge in [-0.25, -0.2) is 4.98 Å². The van der Waals surface area contributed by atoms with E-state index in [4.69, 9.17) is 9.72 Å². The summed E-state index contributed by atoms with van der Waals surface area (Å²) in [7, 11) is 0. The highest BCUT2D eigenvalue weighted by atomic mass is 19.4. The Morgan fingerprint density at radius 3 is 2.81 bits per heavy atom. The Hall–Kier alpha value is -3.46. The van der Waals surface area contributed by atoms with Gasteiger partial charge in [0, 0.05) is 54.2 Å². The van der Waals surface area contributed by atoms with Gasteiger partial charge < -0.3 is 15.0 Å². The van der Waals surface area contributed by atoms with Crippen LogP contribution in [0.5, 0.6) is 0 Å². The van der Waals surface area contributed by atoms with E-state index in [1.54, 1.807) is 6.07 Å². The van der Waals surface area contributed by atoms with Gasteiger partial charge in [0.05, 0.1) is 24.1 Å². The largest absolute Gasteiger partial charge is 0.416 e. The molecule has 4 heterocycles. The summed E-state index contributed by atoms with van der Waals surface area (Å²) in [6.45, 7) is 7.26. The second-order valence-corrected chi connectivity index (χ2v) is 9.30. The highest BCUT2D eigenvalue weighted by Crippen LogP contribution is 2.43. The van der Waals surface area contributed by atoms with Gasteiger partial charge in [0.25, 0.3) is 5.91 Å². The number of carbonyl (C=O) groups excluding carboxylic acids is 1. The molecule has 2 aliphatic heterocycles. The summed E-state index contributed by atoms with van der Waals surface area (Å²) in [5.74, 6) is 1.16. The number of aryl methyl sites for hydroxylation is 1. The first-order valence-corrected chi connectivity index (χ1v) is 12.0. The predicted molar refractivity (Wildman–Crippen MR) is 131 cm³/mol. The zero-order valence-corrected chi connectivity index (χ0v) is 20.1. The molecule has 6 nitrogen and oxygen atoms in total. The lowest BCUT2D eigenvalue weighted by Gasteiger charge is -2.42. The van der Waals surface area contributed by atoms with Crippen LogP contribution in [-0.2, 0) is 10.9 Å². The number of carbonyl (C=O) groups is 1. The van der Waals surface area contributed by atoms with Crippen LogP contribution in [0.15, 0.2) is 48.8 Å². The Morgan fingerprint density at radius 2 is 2.03 bits per heavy atom. The Labute approximate surface area is 207 Å². The fourth-order valence-corrected chi connectivity index (χ4v) is 5.13. The molecule has 0 radical (unpaired) electrons. The normalized spacial score (nSPS) is 19.4. The summed E-state index contributed by atoms with van der Waals surface area (Å²) >= 11 is 0. The van der Waals surface area contributed by atoms with Crippen molar-refractivity contribution in [1.29, 1.82) is 0 Å². The average Bonchev–Trinajstić information content (AvgIpc) is 2.88. The number of alkyl halides is 3. The molecular weight excluding hydrogens is 469 g/mol. The van der Waals surface area contributed by atoms with Crippen LogP contribution >= 0.6 is 0 Å². The quantitative estimate of drug-likeness (QED) is 0.503. The standard InChI is InChI=1S/C27H27F3N4O2/c1-3-34-14-19-15-36-8-7-22(19)24-10-18(12-32-25(24)34)23-11-21(13-31-16(23)2)33-26(35)17-5-4-6-20(9-17)27(28,29)30/h4-6,9-13,19,22H,3,7-8,14-15H2,1-2H3,(H,33,35)/t19-,22-/m1/s1. The first-order valence-electron chi connectivity index (χ1n) is 12.0. The second-order valence-electron chi connectivity index (χ2n) is 9.30. The topological polar surface area (TPSA) is 67.3 Å². The smallest absolute Gasteiger partial charge is 0.381 e. The summed E-state index contributed by atoms with van der Waals surface area (Å²) in [6.07, 6.45) is -0.247. The van der Waals surface area contributed by atoms with E-state index in [-0.39, 0.29) is 5.56 Å². The molecule has 5 rings (SSSR count). The third-order valence-electron chi connectivity index (χ3n) is 7.01. The van der Waals surface area contributed by atoms with E-state index in [1.165, 1.54) is 23.9 Å². The Morgan fingerprint density at radius 1 is 1.19 bits per heavy atom. The Kier molecular flexibility index (Phi) is 6.42. The van der Waals surface area contributed by atoms with Crippen molar-refractivity contribution in [3.8, 4) is 11.1 Å². The molecule has 1 amide bonds. The minimum absolute atomic E-state index is 0.0763. The highest BCUT2D eigenvalue weighted by molar-refractivity contribution is 6.04. The number of rotatable bonds is 4. The van der Waals surface area contributed by atoms with E-state index in [2.05, 4.69) is 28.2 Å². The number of hydrogen-bond acceptors (Lipinski definition) is 5. The molecule has 2 aliphatic rings. The number of fused-ring (bicyclic) bond motifs is 3. The van der Waals surface area contributed by atoms with Gasteiger partial charge in [0.15, 0.2) is 0 Å². The number of aromatic nitrogens is 2. The second kappa shape index (κ2) is 9.54. The number of anilines is 2. The minimum atomic E-state index is -4.52. The van der Waals surface area contributed by atoms with Gasteiger partial charge in [0.1, 0.15) is 5.82 Å². The molecular formula is C27H27F3N4O2. The summed E-state index contributed by atoms with van der Waals surface area (Å²) in [6, 6.07) is 8.31. The molecule has 36 heavy (non-hydrogen) atoms. The highest BCUT2D eigenvalue weighted by Gasteiger charge is 2.36. The zero-order chi connectivity index (χ0) is 25.4. The summed E-state index contributed by atoms with van der Waals surface area (Å²) < 4.78 is 44.9.